The van der Waals surface area contributed by atoms with Gasteiger partial charge in [0.05, 0.1) is 31.2 Å². The van der Waals surface area contributed by atoms with E-state index in [0.717, 1.165) is 26.9 Å². The number of nitriles is 1. The molecule has 1 aliphatic heterocycles. The fourth-order valence-electron chi connectivity index (χ4n) is 2.86. The summed E-state index contributed by atoms with van der Waals surface area (Å²) in [6, 6.07) is 9.78. The van der Waals surface area contributed by atoms with Gasteiger partial charge >= 0.3 is 0 Å². The quantitative estimate of drug-likeness (QED) is 0.622. The van der Waals surface area contributed by atoms with Gasteiger partial charge < -0.3 is 18.9 Å². The van der Waals surface area contributed by atoms with Crippen molar-refractivity contribution < 1.29 is 18.9 Å². The predicted molar refractivity (Wildman–Crippen MR) is 105 cm³/mol. The monoisotopic (exact) mass is 430 g/mol. The number of methoxy groups -OCH3 is 2. The van der Waals surface area contributed by atoms with Crippen LogP contribution in [0.2, 0.25) is 0 Å². The lowest BCUT2D eigenvalue weighted by molar-refractivity contribution is 0.174. The Bertz CT molecular complexity index is 906. The highest BCUT2D eigenvalue weighted by molar-refractivity contribution is 9.10. The molecule has 0 saturated carbocycles. The summed E-state index contributed by atoms with van der Waals surface area (Å²) >= 11 is 3.53. The van der Waals surface area contributed by atoms with Crippen LogP contribution in [-0.2, 0) is 12.8 Å². The normalized spacial score (nSPS) is 12.2. The second-order valence-electron chi connectivity index (χ2n) is 5.80. The van der Waals surface area contributed by atoms with E-state index < -0.39 is 0 Å². The number of halogens is 1. The Labute approximate surface area is 166 Å². The van der Waals surface area contributed by atoms with E-state index in [2.05, 4.69) is 27.0 Å². The number of benzene rings is 2. The van der Waals surface area contributed by atoms with Crippen LogP contribution < -0.4 is 18.9 Å². The first-order valence-corrected chi connectivity index (χ1v) is 9.16. The first-order chi connectivity index (χ1) is 13.2. The van der Waals surface area contributed by atoms with Gasteiger partial charge in [-0.05, 0) is 57.7 Å². The van der Waals surface area contributed by atoms with Gasteiger partial charge in [-0.3, -0.25) is 4.99 Å². The number of aliphatic imine (C=N–C) groups is 1. The second kappa shape index (κ2) is 8.78. The van der Waals surface area contributed by atoms with E-state index in [9.17, 15) is 0 Å². The third-order valence-electron chi connectivity index (χ3n) is 4.22. The summed E-state index contributed by atoms with van der Waals surface area (Å²) in [5.74, 6) is 2.71. The first-order valence-electron chi connectivity index (χ1n) is 8.36. The summed E-state index contributed by atoms with van der Waals surface area (Å²) in [5, 5.41) is 9.06. The summed E-state index contributed by atoms with van der Waals surface area (Å²) in [5.41, 5.74) is 2.89. The van der Waals surface area contributed by atoms with E-state index in [-0.39, 0.29) is 6.79 Å². The highest BCUT2D eigenvalue weighted by atomic mass is 79.9. The number of hydrogen-bond donors (Lipinski definition) is 0. The molecule has 1 aliphatic rings. The molecule has 2 aromatic carbocycles. The molecule has 0 aromatic heterocycles. The Kier molecular flexibility index (Phi) is 6.20. The van der Waals surface area contributed by atoms with Gasteiger partial charge in [-0.25, -0.2) is 0 Å². The van der Waals surface area contributed by atoms with Crippen molar-refractivity contribution in [2.75, 3.05) is 27.6 Å². The standard InChI is InChI=1S/C20H19BrN2O4/c1-24-16-4-3-15(19(21)20(16)25-2)11-23-8-6-14-10-18-17(26-12-27-18)9-13(14)5-7-22/h3-4,9-11H,5-6,8,12H2,1-2H3. The van der Waals surface area contributed by atoms with Gasteiger partial charge in [-0.2, -0.15) is 5.26 Å². The number of hydrogen-bond acceptors (Lipinski definition) is 6. The summed E-state index contributed by atoms with van der Waals surface area (Å²) in [4.78, 5) is 4.52. The third-order valence-corrected chi connectivity index (χ3v) is 5.04. The van der Waals surface area contributed by atoms with Crippen LogP contribution in [0, 0.1) is 11.3 Å². The van der Waals surface area contributed by atoms with Crippen molar-refractivity contribution in [2.24, 2.45) is 4.99 Å². The predicted octanol–water partition coefficient (Wildman–Crippen LogP) is 3.92. The minimum absolute atomic E-state index is 0.219. The molecular weight excluding hydrogens is 412 g/mol. The number of rotatable bonds is 7. The molecule has 0 radical (unpaired) electrons. The van der Waals surface area contributed by atoms with Gasteiger partial charge in [0.2, 0.25) is 6.79 Å². The smallest absolute Gasteiger partial charge is 0.231 e. The van der Waals surface area contributed by atoms with Gasteiger partial charge in [0, 0.05) is 18.3 Å². The molecule has 0 saturated heterocycles. The number of fused-ring (bicyclic) bond motifs is 1. The van der Waals surface area contributed by atoms with Crippen LogP contribution in [-0.4, -0.2) is 33.8 Å². The Hall–Kier alpha value is -2.72. The summed E-state index contributed by atoms with van der Waals surface area (Å²) in [6.45, 7) is 0.801. The lowest BCUT2D eigenvalue weighted by Crippen LogP contribution is -1.98. The maximum absolute atomic E-state index is 9.06. The Morgan fingerprint density at radius 2 is 1.93 bits per heavy atom. The summed E-state index contributed by atoms with van der Waals surface area (Å²) < 4.78 is 22.3. The Balaban J connectivity index is 1.73. The molecule has 0 fully saturated rings. The zero-order chi connectivity index (χ0) is 19.2. The van der Waals surface area contributed by atoms with E-state index in [1.54, 1.807) is 20.4 Å². The summed E-state index contributed by atoms with van der Waals surface area (Å²) in [7, 11) is 3.20. The molecular formula is C20H19BrN2O4. The number of nitrogens with zero attached hydrogens (tertiary/aromatic N) is 2. The minimum atomic E-state index is 0.219. The molecule has 0 bridgehead atoms. The fourth-order valence-corrected chi connectivity index (χ4v) is 3.45. The average Bonchev–Trinajstić information content (AvgIpc) is 3.13. The molecule has 1 heterocycles. The maximum Gasteiger partial charge on any atom is 0.231 e. The number of ether oxygens (including phenoxy) is 4. The van der Waals surface area contributed by atoms with E-state index in [1.165, 1.54) is 0 Å². The van der Waals surface area contributed by atoms with Crippen LogP contribution in [0.25, 0.3) is 0 Å². The summed E-state index contributed by atoms with van der Waals surface area (Å²) in [6.07, 6.45) is 2.83. The molecule has 0 atom stereocenters. The van der Waals surface area contributed by atoms with Crippen molar-refractivity contribution in [3.05, 3.63) is 45.4 Å². The van der Waals surface area contributed by atoms with Gasteiger partial charge in [0.1, 0.15) is 0 Å². The zero-order valence-corrected chi connectivity index (χ0v) is 16.7. The molecule has 7 heteroatoms. The van der Waals surface area contributed by atoms with Crippen molar-refractivity contribution in [3.63, 3.8) is 0 Å². The van der Waals surface area contributed by atoms with E-state index in [0.29, 0.717) is 36.6 Å². The topological polar surface area (TPSA) is 73.1 Å². The highest BCUT2D eigenvalue weighted by Gasteiger charge is 2.17. The van der Waals surface area contributed by atoms with Crippen molar-refractivity contribution in [1.29, 1.82) is 5.26 Å². The molecule has 0 amide bonds. The second-order valence-corrected chi connectivity index (χ2v) is 6.59. The van der Waals surface area contributed by atoms with Crippen LogP contribution in [0.15, 0.2) is 33.7 Å². The van der Waals surface area contributed by atoms with Crippen LogP contribution in [0.5, 0.6) is 23.0 Å². The van der Waals surface area contributed by atoms with Crippen LogP contribution in [0.4, 0.5) is 0 Å². The molecule has 2 aromatic rings. The van der Waals surface area contributed by atoms with Crippen molar-refractivity contribution >= 4 is 22.1 Å². The molecule has 3 rings (SSSR count). The van der Waals surface area contributed by atoms with Gasteiger partial charge in [0.25, 0.3) is 0 Å². The van der Waals surface area contributed by atoms with E-state index in [1.807, 2.05) is 24.3 Å². The van der Waals surface area contributed by atoms with Crippen molar-refractivity contribution in [3.8, 4) is 29.1 Å². The Morgan fingerprint density at radius 3 is 2.59 bits per heavy atom. The van der Waals surface area contributed by atoms with Crippen LogP contribution in [0.1, 0.15) is 16.7 Å². The minimum Gasteiger partial charge on any atom is -0.493 e. The van der Waals surface area contributed by atoms with Crippen LogP contribution in [0.3, 0.4) is 0 Å². The van der Waals surface area contributed by atoms with Crippen molar-refractivity contribution in [1.82, 2.24) is 0 Å². The highest BCUT2D eigenvalue weighted by Crippen LogP contribution is 2.37. The molecule has 0 spiro atoms. The maximum atomic E-state index is 9.06. The van der Waals surface area contributed by atoms with Crippen LogP contribution >= 0.6 is 15.9 Å². The van der Waals surface area contributed by atoms with Gasteiger partial charge in [0.15, 0.2) is 23.0 Å². The first kappa shape index (κ1) is 19.1. The fraction of sp³-hybridized carbons (Fsp3) is 0.300. The van der Waals surface area contributed by atoms with Gasteiger partial charge in [-0.1, -0.05) is 0 Å². The van der Waals surface area contributed by atoms with Crippen molar-refractivity contribution in [2.45, 2.75) is 12.8 Å². The molecule has 0 N–H and O–H groups in total. The average molecular weight is 431 g/mol. The third kappa shape index (κ3) is 4.17. The van der Waals surface area contributed by atoms with E-state index >= 15 is 0 Å². The Morgan fingerprint density at radius 1 is 1.19 bits per heavy atom. The molecule has 0 aliphatic carbocycles. The van der Waals surface area contributed by atoms with Gasteiger partial charge in [-0.15, -0.1) is 0 Å². The largest absolute Gasteiger partial charge is 0.493 e. The molecule has 6 nitrogen and oxygen atoms in total. The molecule has 140 valence electrons. The molecule has 0 unspecified atom stereocenters. The molecule has 27 heavy (non-hydrogen) atoms. The lowest BCUT2D eigenvalue weighted by atomic mass is 10.0. The van der Waals surface area contributed by atoms with E-state index in [4.69, 9.17) is 24.2 Å². The lowest BCUT2D eigenvalue weighted by Gasteiger charge is -2.11. The zero-order valence-electron chi connectivity index (χ0n) is 15.1. The SMILES string of the molecule is COc1ccc(C=NCCc2cc3c(cc2CC#N)OCO3)c(Br)c1OC.